The molecule has 0 aromatic carbocycles. The zero-order valence-electron chi connectivity index (χ0n) is 9.32. The Labute approximate surface area is 91.4 Å². The van der Waals surface area contributed by atoms with Crippen LogP contribution in [0, 0.1) is 5.92 Å². The van der Waals surface area contributed by atoms with Crippen LogP contribution in [0.1, 0.15) is 25.7 Å². The number of nitrogens with zero attached hydrogens (tertiary/aromatic N) is 2. The first-order valence-corrected chi connectivity index (χ1v) is 6.02. The molecule has 0 aromatic rings. The lowest BCUT2D eigenvalue weighted by atomic mass is 9.96. The van der Waals surface area contributed by atoms with Crippen LogP contribution in [-0.2, 0) is 0 Å². The molecule has 2 heterocycles. The summed E-state index contributed by atoms with van der Waals surface area (Å²) in [6.07, 6.45) is 4.97. The maximum atomic E-state index is 10.9. The third-order valence-corrected chi connectivity index (χ3v) is 3.64. The van der Waals surface area contributed by atoms with Crippen molar-refractivity contribution in [1.29, 1.82) is 0 Å². The van der Waals surface area contributed by atoms with Crippen molar-refractivity contribution in [3.05, 3.63) is 0 Å². The molecule has 2 rings (SSSR count). The zero-order chi connectivity index (χ0) is 10.7. The van der Waals surface area contributed by atoms with Crippen molar-refractivity contribution in [2.75, 3.05) is 32.7 Å². The Kier molecular flexibility index (Phi) is 3.46. The minimum absolute atomic E-state index is 0.255. The summed E-state index contributed by atoms with van der Waals surface area (Å²) in [5.41, 5.74) is 5.25. The van der Waals surface area contributed by atoms with Crippen LogP contribution in [0.5, 0.6) is 0 Å². The standard InChI is InChI=1S/C11H21N3O/c12-11(15)14-7-3-10(4-8-14)9-13-5-1-2-6-13/h10H,1-9H2,(H2,12,15). The molecule has 0 bridgehead atoms. The van der Waals surface area contributed by atoms with E-state index in [4.69, 9.17) is 5.73 Å². The van der Waals surface area contributed by atoms with Crippen LogP contribution in [0.3, 0.4) is 0 Å². The Bertz CT molecular complexity index is 218. The molecular weight excluding hydrogens is 190 g/mol. The smallest absolute Gasteiger partial charge is 0.314 e. The van der Waals surface area contributed by atoms with E-state index in [-0.39, 0.29) is 6.03 Å². The SMILES string of the molecule is NC(=O)N1CCC(CN2CCCC2)CC1. The summed E-state index contributed by atoms with van der Waals surface area (Å²) in [5, 5.41) is 0. The van der Waals surface area contributed by atoms with Gasteiger partial charge in [0.25, 0.3) is 0 Å². The van der Waals surface area contributed by atoms with Gasteiger partial charge in [0.15, 0.2) is 0 Å². The number of nitrogens with two attached hydrogens (primary N) is 1. The molecule has 0 atom stereocenters. The Hall–Kier alpha value is -0.770. The quantitative estimate of drug-likeness (QED) is 0.737. The molecule has 4 nitrogen and oxygen atoms in total. The van der Waals surface area contributed by atoms with E-state index in [0.29, 0.717) is 0 Å². The van der Waals surface area contributed by atoms with Crippen LogP contribution >= 0.6 is 0 Å². The second-order valence-corrected chi connectivity index (χ2v) is 4.78. The molecule has 2 N–H and O–H groups in total. The highest BCUT2D eigenvalue weighted by atomic mass is 16.2. The molecule has 0 aliphatic carbocycles. The predicted octanol–water partition coefficient (Wildman–Crippen LogP) is 0.873. The highest BCUT2D eigenvalue weighted by Gasteiger charge is 2.23. The number of carbonyl (C=O) groups is 1. The minimum Gasteiger partial charge on any atom is -0.351 e. The van der Waals surface area contributed by atoms with Crippen LogP contribution in [0.4, 0.5) is 4.79 Å². The molecule has 0 spiro atoms. The lowest BCUT2D eigenvalue weighted by Crippen LogP contribution is -2.43. The molecule has 4 heteroatoms. The fraction of sp³-hybridized carbons (Fsp3) is 0.909. The van der Waals surface area contributed by atoms with E-state index >= 15 is 0 Å². The third-order valence-electron chi connectivity index (χ3n) is 3.64. The van der Waals surface area contributed by atoms with Crippen molar-refractivity contribution in [3.8, 4) is 0 Å². The van der Waals surface area contributed by atoms with Gasteiger partial charge in [-0.3, -0.25) is 0 Å². The molecular formula is C11H21N3O. The van der Waals surface area contributed by atoms with Crippen molar-refractivity contribution in [2.45, 2.75) is 25.7 Å². The van der Waals surface area contributed by atoms with Gasteiger partial charge in [0, 0.05) is 19.6 Å². The normalized spacial score (nSPS) is 24.7. The van der Waals surface area contributed by atoms with Crippen molar-refractivity contribution in [3.63, 3.8) is 0 Å². The van der Waals surface area contributed by atoms with Crippen LogP contribution in [0.25, 0.3) is 0 Å². The Balaban J connectivity index is 1.71. The Morgan fingerprint density at radius 1 is 1.13 bits per heavy atom. The first kappa shape index (κ1) is 10.7. The maximum absolute atomic E-state index is 10.9. The Morgan fingerprint density at radius 2 is 1.73 bits per heavy atom. The number of hydrogen-bond donors (Lipinski definition) is 1. The first-order valence-electron chi connectivity index (χ1n) is 6.02. The van der Waals surface area contributed by atoms with Crippen molar-refractivity contribution < 1.29 is 4.79 Å². The average Bonchev–Trinajstić information content (AvgIpc) is 2.71. The lowest BCUT2D eigenvalue weighted by molar-refractivity contribution is 0.160. The molecule has 0 aromatic heterocycles. The monoisotopic (exact) mass is 211 g/mol. The minimum atomic E-state index is -0.255. The first-order chi connectivity index (χ1) is 7.25. The highest BCUT2D eigenvalue weighted by Crippen LogP contribution is 2.20. The fourth-order valence-corrected chi connectivity index (χ4v) is 2.67. The van der Waals surface area contributed by atoms with Crippen LogP contribution < -0.4 is 5.73 Å². The summed E-state index contributed by atoms with van der Waals surface area (Å²) in [4.78, 5) is 15.3. The molecule has 2 saturated heterocycles. The van der Waals surface area contributed by atoms with Gasteiger partial charge in [-0.05, 0) is 44.7 Å². The molecule has 0 radical (unpaired) electrons. The van der Waals surface area contributed by atoms with E-state index in [2.05, 4.69) is 4.90 Å². The summed E-state index contributed by atoms with van der Waals surface area (Å²) in [6.45, 7) is 5.49. The number of urea groups is 1. The van der Waals surface area contributed by atoms with Crippen LogP contribution in [-0.4, -0.2) is 48.6 Å². The van der Waals surface area contributed by atoms with Gasteiger partial charge < -0.3 is 15.5 Å². The second-order valence-electron chi connectivity index (χ2n) is 4.78. The number of hydrogen-bond acceptors (Lipinski definition) is 2. The largest absolute Gasteiger partial charge is 0.351 e. The van der Waals surface area contributed by atoms with E-state index in [1.54, 1.807) is 4.90 Å². The molecule has 0 unspecified atom stereocenters. The number of likely N-dealkylation sites (tertiary alicyclic amines) is 2. The number of primary amides is 1. The Morgan fingerprint density at radius 3 is 2.27 bits per heavy atom. The molecule has 86 valence electrons. The van der Waals surface area contributed by atoms with Gasteiger partial charge >= 0.3 is 6.03 Å². The zero-order valence-corrected chi connectivity index (χ0v) is 9.32. The van der Waals surface area contributed by atoms with Crippen molar-refractivity contribution >= 4 is 6.03 Å². The van der Waals surface area contributed by atoms with Crippen LogP contribution in [0.2, 0.25) is 0 Å². The number of piperidine rings is 1. The number of amides is 2. The third kappa shape index (κ3) is 2.84. The van der Waals surface area contributed by atoms with Gasteiger partial charge in [-0.1, -0.05) is 0 Å². The molecule has 0 saturated carbocycles. The number of rotatable bonds is 2. The summed E-state index contributed by atoms with van der Waals surface area (Å²) < 4.78 is 0. The van der Waals surface area contributed by atoms with Gasteiger partial charge in [0.1, 0.15) is 0 Å². The molecule has 2 aliphatic heterocycles. The van der Waals surface area contributed by atoms with E-state index in [9.17, 15) is 4.79 Å². The van der Waals surface area contributed by atoms with E-state index < -0.39 is 0 Å². The van der Waals surface area contributed by atoms with Gasteiger partial charge in [-0.25, -0.2) is 4.79 Å². The summed E-state index contributed by atoms with van der Waals surface area (Å²) in [5.74, 6) is 0.777. The maximum Gasteiger partial charge on any atom is 0.314 e. The second kappa shape index (κ2) is 4.84. The highest BCUT2D eigenvalue weighted by molar-refractivity contribution is 5.72. The van der Waals surface area contributed by atoms with E-state index in [1.807, 2.05) is 0 Å². The topological polar surface area (TPSA) is 49.6 Å². The van der Waals surface area contributed by atoms with Gasteiger partial charge in [-0.2, -0.15) is 0 Å². The molecule has 2 amide bonds. The average molecular weight is 211 g/mol. The van der Waals surface area contributed by atoms with Crippen molar-refractivity contribution in [2.24, 2.45) is 11.7 Å². The van der Waals surface area contributed by atoms with Crippen molar-refractivity contribution in [1.82, 2.24) is 9.80 Å². The summed E-state index contributed by atoms with van der Waals surface area (Å²) in [7, 11) is 0. The molecule has 2 fully saturated rings. The van der Waals surface area contributed by atoms with Crippen LogP contribution in [0.15, 0.2) is 0 Å². The molecule has 2 aliphatic rings. The summed E-state index contributed by atoms with van der Waals surface area (Å²) >= 11 is 0. The van der Waals surface area contributed by atoms with E-state index in [1.165, 1.54) is 32.5 Å². The van der Waals surface area contributed by atoms with Gasteiger partial charge in [0.05, 0.1) is 0 Å². The predicted molar refractivity (Wildman–Crippen MR) is 59.6 cm³/mol. The van der Waals surface area contributed by atoms with Gasteiger partial charge in [0.2, 0.25) is 0 Å². The van der Waals surface area contributed by atoms with E-state index in [0.717, 1.165) is 31.8 Å². The lowest BCUT2D eigenvalue weighted by Gasteiger charge is -2.32. The summed E-state index contributed by atoms with van der Waals surface area (Å²) in [6, 6.07) is -0.255. The fourth-order valence-electron chi connectivity index (χ4n) is 2.67. The van der Waals surface area contributed by atoms with Gasteiger partial charge in [-0.15, -0.1) is 0 Å². The number of carbonyl (C=O) groups excluding carboxylic acids is 1. The molecule has 15 heavy (non-hydrogen) atoms.